The zero-order valence-electron chi connectivity index (χ0n) is 7.66. The molecule has 0 aromatic rings. The Balaban J connectivity index is 3.99. The molecule has 0 aromatic heterocycles. The van der Waals surface area contributed by atoms with Crippen LogP contribution in [0.4, 0.5) is 4.39 Å². The number of halogens is 2. The van der Waals surface area contributed by atoms with Crippen LogP contribution in [0.2, 0.25) is 0 Å². The van der Waals surface area contributed by atoms with Crippen molar-refractivity contribution in [2.75, 3.05) is 4.43 Å². The van der Waals surface area contributed by atoms with Crippen LogP contribution in [0.1, 0.15) is 40.0 Å². The van der Waals surface area contributed by atoms with Crippen LogP contribution in [0, 0.1) is 5.92 Å². The van der Waals surface area contributed by atoms with E-state index in [0.29, 0.717) is 6.42 Å². The summed E-state index contributed by atoms with van der Waals surface area (Å²) in [5.74, 6) is 0.254. The molecule has 0 amide bonds. The minimum Gasteiger partial charge on any atom is -0.244 e. The Kier molecular flexibility index (Phi) is 5.65. The van der Waals surface area contributed by atoms with Crippen LogP contribution in [0.25, 0.3) is 0 Å². The molecule has 0 N–H and O–H groups in total. The van der Waals surface area contributed by atoms with Crippen LogP contribution in [0.15, 0.2) is 0 Å². The normalized spacial score (nSPS) is 19.4. The Morgan fingerprint density at radius 1 is 1.45 bits per heavy atom. The van der Waals surface area contributed by atoms with Crippen molar-refractivity contribution in [3.8, 4) is 0 Å². The van der Waals surface area contributed by atoms with Gasteiger partial charge in [-0.3, -0.25) is 0 Å². The largest absolute Gasteiger partial charge is 0.244 e. The summed E-state index contributed by atoms with van der Waals surface area (Å²) in [6, 6.07) is 0. The molecule has 68 valence electrons. The van der Waals surface area contributed by atoms with Crippen molar-refractivity contribution in [3.63, 3.8) is 0 Å². The van der Waals surface area contributed by atoms with Gasteiger partial charge in [-0.25, -0.2) is 4.39 Å². The third-order valence-electron chi connectivity index (χ3n) is 2.49. The van der Waals surface area contributed by atoms with Gasteiger partial charge in [0.2, 0.25) is 0 Å². The number of rotatable bonds is 5. The summed E-state index contributed by atoms with van der Waals surface area (Å²) in [7, 11) is 0. The molecule has 0 aliphatic carbocycles. The highest BCUT2D eigenvalue weighted by Gasteiger charge is 2.29. The van der Waals surface area contributed by atoms with E-state index in [-0.39, 0.29) is 5.92 Å². The quantitative estimate of drug-likeness (QED) is 0.524. The van der Waals surface area contributed by atoms with Crippen molar-refractivity contribution in [3.05, 3.63) is 0 Å². The first-order valence-corrected chi connectivity index (χ1v) is 5.85. The molecule has 2 atom stereocenters. The first-order valence-electron chi connectivity index (χ1n) is 4.33. The molecule has 0 heterocycles. The molecule has 0 aromatic carbocycles. The van der Waals surface area contributed by atoms with E-state index in [1.807, 2.05) is 6.92 Å². The number of alkyl halides is 2. The second kappa shape index (κ2) is 5.33. The van der Waals surface area contributed by atoms with E-state index < -0.39 is 5.67 Å². The second-order valence-electron chi connectivity index (χ2n) is 3.21. The first kappa shape index (κ1) is 11.7. The summed E-state index contributed by atoms with van der Waals surface area (Å²) < 4.78 is 14.7. The molecule has 0 spiro atoms. The predicted octanol–water partition coefficient (Wildman–Crippen LogP) is 3.98. The maximum Gasteiger partial charge on any atom is 0.110 e. The molecule has 0 fully saturated rings. The van der Waals surface area contributed by atoms with Crippen LogP contribution in [0.3, 0.4) is 0 Å². The molecule has 0 aliphatic rings. The van der Waals surface area contributed by atoms with Gasteiger partial charge in [0.25, 0.3) is 0 Å². The molecule has 0 saturated heterocycles. The van der Waals surface area contributed by atoms with Gasteiger partial charge in [0.05, 0.1) is 0 Å². The average molecular weight is 272 g/mol. The van der Waals surface area contributed by atoms with Gasteiger partial charge in [-0.1, -0.05) is 42.9 Å². The highest BCUT2D eigenvalue weighted by Crippen LogP contribution is 2.31. The fourth-order valence-electron chi connectivity index (χ4n) is 1.35. The third kappa shape index (κ3) is 3.72. The minimum absolute atomic E-state index is 0.254. The third-order valence-corrected chi connectivity index (χ3v) is 3.12. The van der Waals surface area contributed by atoms with Gasteiger partial charge in [0.15, 0.2) is 0 Å². The monoisotopic (exact) mass is 272 g/mol. The molecule has 0 saturated carbocycles. The lowest BCUT2D eigenvalue weighted by Gasteiger charge is -2.28. The number of hydrogen-bond acceptors (Lipinski definition) is 0. The maximum atomic E-state index is 13.7. The van der Waals surface area contributed by atoms with E-state index in [2.05, 4.69) is 29.5 Å². The second-order valence-corrected chi connectivity index (χ2v) is 4.29. The fraction of sp³-hybridized carbons (Fsp3) is 1.00. The molecule has 0 nitrogen and oxygen atoms in total. The molecule has 0 bridgehead atoms. The Bertz CT molecular complexity index is 102. The van der Waals surface area contributed by atoms with Gasteiger partial charge in [-0.2, -0.15) is 0 Å². The lowest BCUT2D eigenvalue weighted by molar-refractivity contribution is 0.0922. The summed E-state index contributed by atoms with van der Waals surface area (Å²) in [6.45, 7) is 5.73. The van der Waals surface area contributed by atoms with Crippen molar-refractivity contribution < 1.29 is 4.39 Å². The van der Waals surface area contributed by atoms with Gasteiger partial charge in [0, 0.05) is 0 Å². The highest BCUT2D eigenvalue weighted by atomic mass is 127. The SMILES string of the molecule is CCC(CCI)[C@@](C)(F)CC. The van der Waals surface area contributed by atoms with Gasteiger partial charge < -0.3 is 0 Å². The minimum atomic E-state index is -0.945. The predicted molar refractivity (Wildman–Crippen MR) is 57.1 cm³/mol. The molecular formula is C9H18FI. The summed E-state index contributed by atoms with van der Waals surface area (Å²) >= 11 is 2.32. The summed E-state index contributed by atoms with van der Waals surface area (Å²) in [6.07, 6.45) is 2.61. The Hall–Kier alpha value is 0.660. The summed E-state index contributed by atoms with van der Waals surface area (Å²) in [4.78, 5) is 0. The van der Waals surface area contributed by atoms with Crippen molar-refractivity contribution >= 4 is 22.6 Å². The van der Waals surface area contributed by atoms with E-state index in [1.54, 1.807) is 6.92 Å². The lowest BCUT2D eigenvalue weighted by Crippen LogP contribution is -2.28. The smallest absolute Gasteiger partial charge is 0.110 e. The molecule has 1 unspecified atom stereocenters. The fourth-order valence-corrected chi connectivity index (χ4v) is 2.10. The Morgan fingerprint density at radius 2 is 2.00 bits per heavy atom. The topological polar surface area (TPSA) is 0 Å². The Labute approximate surface area is 83.1 Å². The highest BCUT2D eigenvalue weighted by molar-refractivity contribution is 14.1. The van der Waals surface area contributed by atoms with E-state index in [9.17, 15) is 4.39 Å². The maximum absolute atomic E-state index is 13.7. The lowest BCUT2D eigenvalue weighted by atomic mass is 9.85. The molecule has 0 rings (SSSR count). The van der Waals surface area contributed by atoms with E-state index >= 15 is 0 Å². The summed E-state index contributed by atoms with van der Waals surface area (Å²) in [5.41, 5.74) is -0.945. The van der Waals surface area contributed by atoms with Crippen molar-refractivity contribution in [1.29, 1.82) is 0 Å². The van der Waals surface area contributed by atoms with Gasteiger partial charge in [0.1, 0.15) is 5.67 Å². The zero-order valence-corrected chi connectivity index (χ0v) is 9.82. The molecule has 0 aliphatic heterocycles. The average Bonchev–Trinajstić information content (AvgIpc) is 2.00. The van der Waals surface area contributed by atoms with Gasteiger partial charge >= 0.3 is 0 Å². The van der Waals surface area contributed by atoms with Crippen molar-refractivity contribution in [2.45, 2.75) is 45.7 Å². The van der Waals surface area contributed by atoms with E-state index in [1.165, 1.54) is 0 Å². The van der Waals surface area contributed by atoms with Crippen molar-refractivity contribution in [1.82, 2.24) is 0 Å². The van der Waals surface area contributed by atoms with Gasteiger partial charge in [-0.15, -0.1) is 0 Å². The van der Waals surface area contributed by atoms with E-state index in [4.69, 9.17) is 0 Å². The van der Waals surface area contributed by atoms with E-state index in [0.717, 1.165) is 17.3 Å². The summed E-state index contributed by atoms with van der Waals surface area (Å²) in [5, 5.41) is 0. The van der Waals surface area contributed by atoms with Crippen LogP contribution in [0.5, 0.6) is 0 Å². The molecule has 11 heavy (non-hydrogen) atoms. The van der Waals surface area contributed by atoms with Gasteiger partial charge in [-0.05, 0) is 30.1 Å². The van der Waals surface area contributed by atoms with Crippen LogP contribution < -0.4 is 0 Å². The van der Waals surface area contributed by atoms with Crippen LogP contribution >= 0.6 is 22.6 Å². The zero-order chi connectivity index (χ0) is 8.91. The molecular weight excluding hydrogens is 254 g/mol. The molecule has 0 radical (unpaired) electrons. The number of hydrogen-bond donors (Lipinski definition) is 0. The first-order chi connectivity index (χ1) is 5.08. The van der Waals surface area contributed by atoms with Crippen molar-refractivity contribution in [2.24, 2.45) is 5.92 Å². The van der Waals surface area contributed by atoms with Crippen LogP contribution in [-0.4, -0.2) is 10.1 Å². The molecule has 2 heteroatoms. The standard InChI is InChI=1S/C9H18FI/c1-4-8(6-7-11)9(3,10)5-2/h8H,4-7H2,1-3H3/t8?,9-/m0/s1. The Morgan fingerprint density at radius 3 is 2.27 bits per heavy atom. The van der Waals surface area contributed by atoms with Crippen LogP contribution in [-0.2, 0) is 0 Å².